The summed E-state index contributed by atoms with van der Waals surface area (Å²) in [7, 11) is 0. The van der Waals surface area contributed by atoms with Gasteiger partial charge in [-0.2, -0.15) is 0 Å². The van der Waals surface area contributed by atoms with E-state index in [9.17, 15) is 4.79 Å². The van der Waals surface area contributed by atoms with Crippen molar-refractivity contribution < 1.29 is 9.53 Å². The van der Waals surface area contributed by atoms with Crippen molar-refractivity contribution >= 4 is 17.3 Å². The molecule has 166 valence electrons. The Kier molecular flexibility index (Phi) is 7.13. The first-order valence-corrected chi connectivity index (χ1v) is 11.7. The second-order valence-corrected chi connectivity index (χ2v) is 9.31. The normalized spacial score (nSPS) is 19.2. The summed E-state index contributed by atoms with van der Waals surface area (Å²) < 4.78 is 5.69. The van der Waals surface area contributed by atoms with Crippen LogP contribution in [0.25, 0.3) is 0 Å². The first kappa shape index (κ1) is 21.7. The van der Waals surface area contributed by atoms with Crippen LogP contribution in [0.1, 0.15) is 56.3 Å². The van der Waals surface area contributed by atoms with E-state index in [1.165, 1.54) is 37.8 Å². The molecule has 2 aromatic rings. The highest BCUT2D eigenvalue weighted by molar-refractivity contribution is 6.04. The molecule has 2 N–H and O–H groups in total. The Hall–Kier alpha value is -2.53. The SMILES string of the molecule is CC(C)COc1ccc(C(=O)Nc2ccc(N3CCC(NC4CCCC4)C3)cc2)cc1. The number of rotatable bonds is 8. The molecule has 1 atom stereocenters. The lowest BCUT2D eigenvalue weighted by Crippen LogP contribution is -2.38. The fourth-order valence-electron chi connectivity index (χ4n) is 4.48. The van der Waals surface area contributed by atoms with Gasteiger partial charge in [0, 0.05) is 42.1 Å². The summed E-state index contributed by atoms with van der Waals surface area (Å²) in [4.78, 5) is 15.0. The molecule has 1 aliphatic carbocycles. The van der Waals surface area contributed by atoms with Crippen molar-refractivity contribution in [1.29, 1.82) is 0 Å². The van der Waals surface area contributed by atoms with E-state index in [-0.39, 0.29) is 5.91 Å². The molecule has 1 aliphatic heterocycles. The predicted molar refractivity (Wildman–Crippen MR) is 127 cm³/mol. The number of ether oxygens (including phenoxy) is 1. The molecule has 1 unspecified atom stereocenters. The average molecular weight is 422 g/mol. The van der Waals surface area contributed by atoms with Crippen LogP contribution in [0.2, 0.25) is 0 Å². The number of hydrogen-bond acceptors (Lipinski definition) is 4. The minimum Gasteiger partial charge on any atom is -0.493 e. The van der Waals surface area contributed by atoms with Gasteiger partial charge in [0.05, 0.1) is 6.61 Å². The van der Waals surface area contributed by atoms with Crippen molar-refractivity contribution in [1.82, 2.24) is 5.32 Å². The number of carbonyl (C=O) groups is 1. The molecule has 1 saturated heterocycles. The minimum absolute atomic E-state index is 0.106. The summed E-state index contributed by atoms with van der Waals surface area (Å²) in [6, 6.07) is 16.8. The molecule has 1 amide bonds. The summed E-state index contributed by atoms with van der Waals surface area (Å²) in [5, 5.41) is 6.83. The Morgan fingerprint density at radius 3 is 2.39 bits per heavy atom. The predicted octanol–water partition coefficient (Wildman–Crippen LogP) is 5.08. The maximum atomic E-state index is 12.6. The van der Waals surface area contributed by atoms with Crippen molar-refractivity contribution in [3.05, 3.63) is 54.1 Å². The van der Waals surface area contributed by atoms with Crippen LogP contribution >= 0.6 is 0 Å². The molecule has 5 heteroatoms. The van der Waals surface area contributed by atoms with Crippen molar-refractivity contribution in [2.24, 2.45) is 5.92 Å². The third kappa shape index (κ3) is 6.01. The smallest absolute Gasteiger partial charge is 0.255 e. The molecular formula is C26H35N3O2. The molecule has 2 aliphatic rings. The number of benzene rings is 2. The van der Waals surface area contributed by atoms with Crippen LogP contribution in [0, 0.1) is 5.92 Å². The van der Waals surface area contributed by atoms with Crippen LogP contribution in [-0.2, 0) is 0 Å². The van der Waals surface area contributed by atoms with E-state index in [1.807, 2.05) is 24.3 Å². The van der Waals surface area contributed by atoms with Crippen molar-refractivity contribution in [2.75, 3.05) is 29.9 Å². The van der Waals surface area contributed by atoms with Gasteiger partial charge in [-0.1, -0.05) is 26.7 Å². The Labute approximate surface area is 186 Å². The molecule has 31 heavy (non-hydrogen) atoms. The fraction of sp³-hybridized carbons (Fsp3) is 0.500. The zero-order valence-corrected chi connectivity index (χ0v) is 18.8. The molecule has 4 rings (SSSR count). The molecule has 0 bridgehead atoms. The number of anilines is 2. The quantitative estimate of drug-likeness (QED) is 0.624. The summed E-state index contributed by atoms with van der Waals surface area (Å²) in [6.45, 7) is 7.05. The molecule has 2 fully saturated rings. The first-order valence-electron chi connectivity index (χ1n) is 11.7. The molecule has 2 aromatic carbocycles. The second-order valence-electron chi connectivity index (χ2n) is 9.31. The lowest BCUT2D eigenvalue weighted by molar-refractivity contribution is 0.102. The van der Waals surface area contributed by atoms with Gasteiger partial charge < -0.3 is 20.3 Å². The Morgan fingerprint density at radius 1 is 1.00 bits per heavy atom. The zero-order valence-electron chi connectivity index (χ0n) is 18.8. The summed E-state index contributed by atoms with van der Waals surface area (Å²) >= 11 is 0. The third-order valence-corrected chi connectivity index (χ3v) is 6.20. The molecular weight excluding hydrogens is 386 g/mol. The zero-order chi connectivity index (χ0) is 21.6. The molecule has 1 heterocycles. The molecule has 0 spiro atoms. The van der Waals surface area contributed by atoms with E-state index in [1.54, 1.807) is 12.1 Å². The molecule has 0 radical (unpaired) electrons. The van der Waals surface area contributed by atoms with Crippen LogP contribution < -0.4 is 20.3 Å². The number of nitrogens with one attached hydrogen (secondary N) is 2. The molecule has 5 nitrogen and oxygen atoms in total. The lowest BCUT2D eigenvalue weighted by Gasteiger charge is -2.21. The first-order chi connectivity index (χ1) is 15.1. The summed E-state index contributed by atoms with van der Waals surface area (Å²) in [5.41, 5.74) is 2.66. The fourth-order valence-corrected chi connectivity index (χ4v) is 4.48. The topological polar surface area (TPSA) is 53.6 Å². The van der Waals surface area contributed by atoms with Gasteiger partial charge in [-0.3, -0.25) is 4.79 Å². The highest BCUT2D eigenvalue weighted by Gasteiger charge is 2.26. The van der Waals surface area contributed by atoms with E-state index in [0.717, 1.165) is 30.6 Å². The van der Waals surface area contributed by atoms with E-state index < -0.39 is 0 Å². The van der Waals surface area contributed by atoms with Gasteiger partial charge in [-0.25, -0.2) is 0 Å². The van der Waals surface area contributed by atoms with Crippen LogP contribution in [-0.4, -0.2) is 37.7 Å². The molecule has 0 aromatic heterocycles. The monoisotopic (exact) mass is 421 g/mol. The van der Waals surface area contributed by atoms with Crippen molar-refractivity contribution in [3.8, 4) is 5.75 Å². The van der Waals surface area contributed by atoms with Crippen LogP contribution in [0.4, 0.5) is 11.4 Å². The van der Waals surface area contributed by atoms with Gasteiger partial charge in [0.25, 0.3) is 5.91 Å². The highest BCUT2D eigenvalue weighted by atomic mass is 16.5. The molecule has 1 saturated carbocycles. The van der Waals surface area contributed by atoms with Gasteiger partial charge in [0.2, 0.25) is 0 Å². The number of nitrogens with zero attached hydrogens (tertiary/aromatic N) is 1. The van der Waals surface area contributed by atoms with Crippen LogP contribution in [0.15, 0.2) is 48.5 Å². The van der Waals surface area contributed by atoms with Crippen LogP contribution in [0.5, 0.6) is 5.75 Å². The van der Waals surface area contributed by atoms with E-state index in [0.29, 0.717) is 24.1 Å². The van der Waals surface area contributed by atoms with Gasteiger partial charge in [0.15, 0.2) is 0 Å². The van der Waals surface area contributed by atoms with Gasteiger partial charge in [0.1, 0.15) is 5.75 Å². The van der Waals surface area contributed by atoms with Crippen molar-refractivity contribution in [2.45, 2.75) is 58.0 Å². The Morgan fingerprint density at radius 2 is 1.71 bits per heavy atom. The number of carbonyl (C=O) groups excluding carboxylic acids is 1. The maximum absolute atomic E-state index is 12.6. The summed E-state index contributed by atoms with van der Waals surface area (Å²) in [6.07, 6.45) is 6.61. The Balaban J connectivity index is 1.27. The summed E-state index contributed by atoms with van der Waals surface area (Å²) in [5.74, 6) is 1.16. The lowest BCUT2D eigenvalue weighted by atomic mass is 10.2. The average Bonchev–Trinajstić information content (AvgIpc) is 3.46. The third-order valence-electron chi connectivity index (χ3n) is 6.20. The largest absolute Gasteiger partial charge is 0.493 e. The minimum atomic E-state index is -0.106. The second kappa shape index (κ2) is 10.2. The van der Waals surface area contributed by atoms with E-state index in [4.69, 9.17) is 4.74 Å². The van der Waals surface area contributed by atoms with E-state index >= 15 is 0 Å². The van der Waals surface area contributed by atoms with Gasteiger partial charge in [-0.15, -0.1) is 0 Å². The number of amides is 1. The standard InChI is InChI=1S/C26H35N3O2/c1-19(2)18-31-25-13-7-20(8-14-25)26(30)28-22-9-11-24(12-10-22)29-16-15-23(17-29)27-21-5-3-4-6-21/h7-14,19,21,23,27H,3-6,15-18H2,1-2H3,(H,28,30). The Bertz CT molecular complexity index is 842. The highest BCUT2D eigenvalue weighted by Crippen LogP contribution is 2.25. The van der Waals surface area contributed by atoms with Gasteiger partial charge >= 0.3 is 0 Å². The number of hydrogen-bond donors (Lipinski definition) is 2. The van der Waals surface area contributed by atoms with Crippen LogP contribution in [0.3, 0.4) is 0 Å². The van der Waals surface area contributed by atoms with E-state index in [2.05, 4.69) is 41.5 Å². The van der Waals surface area contributed by atoms with Gasteiger partial charge in [-0.05, 0) is 73.7 Å². The maximum Gasteiger partial charge on any atom is 0.255 e. The van der Waals surface area contributed by atoms with Crippen molar-refractivity contribution in [3.63, 3.8) is 0 Å².